The van der Waals surface area contributed by atoms with Crippen LogP contribution in [0.5, 0.6) is 5.75 Å². The number of hydrogen-bond donors (Lipinski definition) is 5. The van der Waals surface area contributed by atoms with E-state index in [-0.39, 0.29) is 6.61 Å². The lowest BCUT2D eigenvalue weighted by Gasteiger charge is -2.20. The second-order valence-electron chi connectivity index (χ2n) is 5.42. The summed E-state index contributed by atoms with van der Waals surface area (Å²) in [6.45, 7) is 4.37. The zero-order chi connectivity index (χ0) is 18.4. The van der Waals surface area contributed by atoms with Gasteiger partial charge < -0.3 is 29.5 Å². The predicted octanol–water partition coefficient (Wildman–Crippen LogP) is -0.627. The highest BCUT2D eigenvalue weighted by molar-refractivity contribution is 5.82. The summed E-state index contributed by atoms with van der Waals surface area (Å²) in [5, 5.41) is 29.8. The van der Waals surface area contributed by atoms with E-state index in [1.54, 1.807) is 31.2 Å². The van der Waals surface area contributed by atoms with Gasteiger partial charge >= 0.3 is 0 Å². The Balaban J connectivity index is 1.87. The van der Waals surface area contributed by atoms with Crippen LogP contribution in [0.25, 0.3) is 0 Å². The van der Waals surface area contributed by atoms with Crippen molar-refractivity contribution in [1.82, 2.24) is 5.43 Å². The standard InChI is InChI=1S/C16H24N2O7/c1-3-23-10-7-5-9(6-8-10)17-18-15(22)13(21)14-11(19)12(20)16(25-14)24-4-2/h5-8,11-14,16-17,19-21H,3-4H2,1-2H3,(H,18,22)/t11-,12-,13?,14-,16-/m1/s1. The highest BCUT2D eigenvalue weighted by atomic mass is 16.7. The van der Waals surface area contributed by atoms with Crippen molar-refractivity contribution in [3.63, 3.8) is 0 Å². The summed E-state index contributed by atoms with van der Waals surface area (Å²) in [4.78, 5) is 12.0. The average molecular weight is 356 g/mol. The summed E-state index contributed by atoms with van der Waals surface area (Å²) in [7, 11) is 0. The van der Waals surface area contributed by atoms with Crippen molar-refractivity contribution in [3.05, 3.63) is 24.3 Å². The fourth-order valence-electron chi connectivity index (χ4n) is 2.39. The second kappa shape index (κ2) is 8.97. The van der Waals surface area contributed by atoms with Crippen LogP contribution in [0.1, 0.15) is 13.8 Å². The molecule has 1 amide bonds. The fourth-order valence-corrected chi connectivity index (χ4v) is 2.39. The number of benzene rings is 1. The van der Waals surface area contributed by atoms with Crippen LogP contribution in [0.15, 0.2) is 24.3 Å². The number of rotatable bonds is 8. The van der Waals surface area contributed by atoms with Gasteiger partial charge in [0.15, 0.2) is 12.4 Å². The molecular formula is C16H24N2O7. The minimum absolute atomic E-state index is 0.253. The van der Waals surface area contributed by atoms with Crippen LogP contribution in [0.4, 0.5) is 5.69 Å². The number of anilines is 1. The van der Waals surface area contributed by atoms with Crippen molar-refractivity contribution in [3.8, 4) is 5.75 Å². The van der Waals surface area contributed by atoms with Gasteiger partial charge in [-0.2, -0.15) is 0 Å². The Hall–Kier alpha value is -1.91. The first kappa shape index (κ1) is 19.4. The van der Waals surface area contributed by atoms with E-state index in [4.69, 9.17) is 14.2 Å². The van der Waals surface area contributed by atoms with Gasteiger partial charge in [0.25, 0.3) is 5.91 Å². The van der Waals surface area contributed by atoms with Crippen molar-refractivity contribution >= 4 is 11.6 Å². The SMILES string of the molecule is CCOc1ccc(NNC(=O)C(O)[C@@H]2O[C@@H](OCC)[C@H](O)[C@H]2O)cc1. The quantitative estimate of drug-likeness (QED) is 0.390. The van der Waals surface area contributed by atoms with E-state index < -0.39 is 36.6 Å². The fraction of sp³-hybridized carbons (Fsp3) is 0.562. The zero-order valence-corrected chi connectivity index (χ0v) is 14.1. The largest absolute Gasteiger partial charge is 0.494 e. The third-order valence-electron chi connectivity index (χ3n) is 3.66. The van der Waals surface area contributed by atoms with Gasteiger partial charge in [-0.05, 0) is 38.1 Å². The molecule has 0 spiro atoms. The van der Waals surface area contributed by atoms with Crippen molar-refractivity contribution < 1.29 is 34.3 Å². The lowest BCUT2D eigenvalue weighted by atomic mass is 10.1. The molecule has 0 radical (unpaired) electrons. The average Bonchev–Trinajstić information content (AvgIpc) is 2.89. The molecule has 1 unspecified atom stereocenters. The van der Waals surface area contributed by atoms with Crippen LogP contribution >= 0.6 is 0 Å². The normalized spacial score (nSPS) is 26.9. The van der Waals surface area contributed by atoms with Gasteiger partial charge in [0.2, 0.25) is 0 Å². The molecule has 1 heterocycles. The first-order chi connectivity index (χ1) is 12.0. The van der Waals surface area contributed by atoms with Crippen molar-refractivity contribution in [2.24, 2.45) is 0 Å². The molecule has 1 aromatic rings. The Morgan fingerprint density at radius 2 is 1.88 bits per heavy atom. The number of aliphatic hydroxyl groups is 3. The lowest BCUT2D eigenvalue weighted by Crippen LogP contribution is -2.48. The van der Waals surface area contributed by atoms with Gasteiger partial charge in [-0.15, -0.1) is 0 Å². The maximum atomic E-state index is 12.0. The van der Waals surface area contributed by atoms with Gasteiger partial charge in [-0.25, -0.2) is 0 Å². The number of ether oxygens (including phenoxy) is 3. The van der Waals surface area contributed by atoms with Crippen LogP contribution in [-0.2, 0) is 14.3 Å². The summed E-state index contributed by atoms with van der Waals surface area (Å²) in [5.41, 5.74) is 5.52. The highest BCUT2D eigenvalue weighted by Crippen LogP contribution is 2.24. The highest BCUT2D eigenvalue weighted by Gasteiger charge is 2.48. The van der Waals surface area contributed by atoms with E-state index in [1.165, 1.54) is 0 Å². The van der Waals surface area contributed by atoms with Crippen molar-refractivity contribution in [2.75, 3.05) is 18.6 Å². The van der Waals surface area contributed by atoms with E-state index in [0.29, 0.717) is 18.0 Å². The number of carbonyl (C=O) groups excluding carboxylic acids is 1. The Morgan fingerprint density at radius 3 is 2.48 bits per heavy atom. The molecule has 5 atom stereocenters. The van der Waals surface area contributed by atoms with Gasteiger partial charge in [-0.3, -0.25) is 15.6 Å². The predicted molar refractivity (Wildman–Crippen MR) is 87.7 cm³/mol. The van der Waals surface area contributed by atoms with E-state index in [1.807, 2.05) is 6.92 Å². The van der Waals surface area contributed by atoms with Gasteiger partial charge in [0.05, 0.1) is 12.3 Å². The molecule has 1 fully saturated rings. The van der Waals surface area contributed by atoms with E-state index in [0.717, 1.165) is 0 Å². The lowest BCUT2D eigenvalue weighted by molar-refractivity contribution is -0.178. The Morgan fingerprint density at radius 1 is 1.20 bits per heavy atom. The molecule has 1 aromatic carbocycles. The number of hydrazine groups is 1. The molecular weight excluding hydrogens is 332 g/mol. The second-order valence-corrected chi connectivity index (χ2v) is 5.42. The number of nitrogens with one attached hydrogen (secondary N) is 2. The maximum Gasteiger partial charge on any atom is 0.269 e. The Labute approximate surface area is 145 Å². The Kier molecular flexibility index (Phi) is 6.97. The zero-order valence-electron chi connectivity index (χ0n) is 14.1. The first-order valence-corrected chi connectivity index (χ1v) is 8.07. The maximum absolute atomic E-state index is 12.0. The molecule has 9 nitrogen and oxygen atoms in total. The topological polar surface area (TPSA) is 130 Å². The summed E-state index contributed by atoms with van der Waals surface area (Å²) in [6.07, 6.45) is -6.86. The molecule has 25 heavy (non-hydrogen) atoms. The summed E-state index contributed by atoms with van der Waals surface area (Å²) in [6, 6.07) is 6.82. The summed E-state index contributed by atoms with van der Waals surface area (Å²) in [5.74, 6) is -0.125. The molecule has 1 aliphatic heterocycles. The molecule has 140 valence electrons. The molecule has 9 heteroatoms. The number of amides is 1. The van der Waals surface area contributed by atoms with E-state index in [9.17, 15) is 20.1 Å². The van der Waals surface area contributed by atoms with E-state index in [2.05, 4.69) is 10.9 Å². The van der Waals surface area contributed by atoms with Crippen LogP contribution in [-0.4, -0.2) is 65.1 Å². The summed E-state index contributed by atoms with van der Waals surface area (Å²) < 4.78 is 15.6. The summed E-state index contributed by atoms with van der Waals surface area (Å²) >= 11 is 0. The monoisotopic (exact) mass is 356 g/mol. The first-order valence-electron chi connectivity index (χ1n) is 8.07. The van der Waals surface area contributed by atoms with Crippen molar-refractivity contribution in [1.29, 1.82) is 0 Å². The van der Waals surface area contributed by atoms with Gasteiger partial charge in [0.1, 0.15) is 24.1 Å². The van der Waals surface area contributed by atoms with E-state index >= 15 is 0 Å². The molecule has 1 saturated heterocycles. The number of carbonyl (C=O) groups is 1. The van der Waals surface area contributed by atoms with Crippen LogP contribution in [0.3, 0.4) is 0 Å². The van der Waals surface area contributed by atoms with Gasteiger partial charge in [-0.1, -0.05) is 0 Å². The molecule has 5 N–H and O–H groups in total. The van der Waals surface area contributed by atoms with Crippen LogP contribution in [0.2, 0.25) is 0 Å². The molecule has 0 aromatic heterocycles. The molecule has 0 bridgehead atoms. The third-order valence-corrected chi connectivity index (χ3v) is 3.66. The minimum Gasteiger partial charge on any atom is -0.494 e. The van der Waals surface area contributed by atoms with Crippen LogP contribution < -0.4 is 15.6 Å². The molecule has 0 saturated carbocycles. The number of hydrogen-bond acceptors (Lipinski definition) is 8. The molecule has 2 rings (SSSR count). The van der Waals surface area contributed by atoms with Crippen LogP contribution in [0, 0.1) is 0 Å². The smallest absolute Gasteiger partial charge is 0.269 e. The number of aliphatic hydroxyl groups excluding tert-OH is 3. The minimum atomic E-state index is -1.69. The van der Waals surface area contributed by atoms with Gasteiger partial charge in [0, 0.05) is 6.61 Å². The van der Waals surface area contributed by atoms with Crippen molar-refractivity contribution in [2.45, 2.75) is 44.6 Å². The molecule has 0 aliphatic carbocycles. The third kappa shape index (κ3) is 4.80. The molecule has 1 aliphatic rings. The Bertz CT molecular complexity index is 554.